The lowest BCUT2D eigenvalue weighted by molar-refractivity contribution is -0.141. The van der Waals surface area contributed by atoms with Crippen molar-refractivity contribution < 1.29 is 25.2 Å². The van der Waals surface area contributed by atoms with Crippen molar-refractivity contribution in [3.63, 3.8) is 0 Å². The van der Waals surface area contributed by atoms with E-state index >= 15 is 0 Å². The molecule has 5 atom stereocenters. The lowest BCUT2D eigenvalue weighted by atomic mass is 9.83. The Morgan fingerprint density at radius 2 is 2.03 bits per heavy atom. The first-order valence-corrected chi connectivity index (χ1v) is 13.3. The van der Waals surface area contributed by atoms with E-state index in [1.807, 2.05) is 13.8 Å². The number of phenols is 2. The number of thioether (sulfide) groups is 3. The molecule has 0 spiro atoms. The Kier molecular flexibility index (Phi) is 6.49. The molecule has 0 aromatic heterocycles. The number of carboxylic acids is 1. The Labute approximate surface area is 199 Å². The molecule has 5 N–H and O–H groups in total. The lowest BCUT2D eigenvalue weighted by Gasteiger charge is -2.34. The van der Waals surface area contributed by atoms with Gasteiger partial charge in [-0.2, -0.15) is 0 Å². The molecule has 0 saturated carbocycles. The maximum absolute atomic E-state index is 11.5. The van der Waals surface area contributed by atoms with Crippen molar-refractivity contribution in [1.82, 2.24) is 5.32 Å². The number of aliphatic hydroxyl groups is 1. The van der Waals surface area contributed by atoms with Crippen LogP contribution in [0.4, 0.5) is 0 Å². The summed E-state index contributed by atoms with van der Waals surface area (Å²) in [6.07, 6.45) is -0.741. The zero-order valence-electron chi connectivity index (χ0n) is 18.0. The third-order valence-electron chi connectivity index (χ3n) is 6.04. The summed E-state index contributed by atoms with van der Waals surface area (Å²) < 4.78 is 0. The number of benzene rings is 1. The summed E-state index contributed by atoms with van der Waals surface area (Å²) in [6, 6.07) is 4.19. The third kappa shape index (κ3) is 4.37. The van der Waals surface area contributed by atoms with Crippen LogP contribution in [0.5, 0.6) is 11.5 Å². The Morgan fingerprint density at radius 1 is 1.28 bits per heavy atom. The van der Waals surface area contributed by atoms with Gasteiger partial charge < -0.3 is 20.4 Å². The highest BCUT2D eigenvalue weighted by atomic mass is 32.2. The first-order chi connectivity index (χ1) is 15.0. The van der Waals surface area contributed by atoms with Gasteiger partial charge in [-0.1, -0.05) is 13.8 Å². The van der Waals surface area contributed by atoms with E-state index in [-0.39, 0.29) is 29.0 Å². The van der Waals surface area contributed by atoms with Crippen molar-refractivity contribution in [2.45, 2.75) is 49.9 Å². The molecule has 1 aromatic rings. The standard InChI is InChI=1S/C21H27N3O5S3/c1-20(2,18-24-21(3,9-32-18)19(28)29)15(27)12-7-31-17(22-12)13-8-30-16(23-13)11-6-10(25)4-5-14(11)26/h4-6,12-13,15,17,22,25-27H,7-9H2,1-3H3,(H,28,29)/t12?,13-,15-,17?,21-/m1/s1. The Morgan fingerprint density at radius 3 is 2.72 bits per heavy atom. The van der Waals surface area contributed by atoms with Gasteiger partial charge in [0.15, 0.2) is 5.54 Å². The molecule has 11 heteroatoms. The number of hydrogen-bond donors (Lipinski definition) is 5. The van der Waals surface area contributed by atoms with Gasteiger partial charge in [0.25, 0.3) is 0 Å². The molecule has 3 aliphatic rings. The number of rotatable bonds is 6. The van der Waals surface area contributed by atoms with Gasteiger partial charge in [-0.15, -0.1) is 35.3 Å². The first-order valence-electron chi connectivity index (χ1n) is 10.3. The minimum Gasteiger partial charge on any atom is -0.508 e. The van der Waals surface area contributed by atoms with E-state index in [2.05, 4.69) is 10.3 Å². The van der Waals surface area contributed by atoms with Gasteiger partial charge in [0.05, 0.1) is 28.1 Å². The molecule has 4 rings (SSSR count). The van der Waals surface area contributed by atoms with Crippen LogP contribution in [0, 0.1) is 5.41 Å². The number of carbonyl (C=O) groups is 1. The molecule has 0 amide bonds. The second-order valence-electron chi connectivity index (χ2n) is 8.99. The molecule has 1 fully saturated rings. The van der Waals surface area contributed by atoms with E-state index in [0.717, 1.165) is 5.75 Å². The highest BCUT2D eigenvalue weighted by molar-refractivity contribution is 8.15. The number of aliphatic carboxylic acids is 1. The molecule has 174 valence electrons. The van der Waals surface area contributed by atoms with Crippen LogP contribution in [0.3, 0.4) is 0 Å². The number of aliphatic hydroxyl groups excluding tert-OH is 1. The Hall–Kier alpha value is -1.40. The lowest BCUT2D eigenvalue weighted by Crippen LogP contribution is -2.51. The fraction of sp³-hybridized carbons (Fsp3) is 0.571. The van der Waals surface area contributed by atoms with Crippen LogP contribution >= 0.6 is 35.3 Å². The quantitative estimate of drug-likeness (QED) is 0.375. The van der Waals surface area contributed by atoms with Gasteiger partial charge in [-0.25, -0.2) is 4.79 Å². The highest BCUT2D eigenvalue weighted by Gasteiger charge is 2.48. The average molecular weight is 498 g/mol. The molecule has 3 aliphatic heterocycles. The topological polar surface area (TPSA) is 135 Å². The van der Waals surface area contributed by atoms with Crippen LogP contribution in [0.25, 0.3) is 0 Å². The zero-order chi connectivity index (χ0) is 23.3. The molecule has 3 heterocycles. The molecular formula is C21H27N3O5S3. The molecule has 8 nitrogen and oxygen atoms in total. The van der Waals surface area contributed by atoms with Crippen LogP contribution in [0.2, 0.25) is 0 Å². The largest absolute Gasteiger partial charge is 0.508 e. The van der Waals surface area contributed by atoms with E-state index in [1.165, 1.54) is 41.7 Å². The predicted molar refractivity (Wildman–Crippen MR) is 131 cm³/mol. The summed E-state index contributed by atoms with van der Waals surface area (Å²) in [5.41, 5.74) is -1.31. The SMILES string of the molecule is CC(C)(C1=N[C@@](C)(C(=O)O)CS1)[C@H](O)C1CSC([C@H]2CSC(c3cc(O)ccc3O)=N2)N1. The van der Waals surface area contributed by atoms with Crippen molar-refractivity contribution in [1.29, 1.82) is 0 Å². The van der Waals surface area contributed by atoms with Gasteiger partial charge in [-0.3, -0.25) is 15.3 Å². The smallest absolute Gasteiger partial charge is 0.332 e. The average Bonchev–Trinajstić information content (AvgIpc) is 3.48. The molecule has 0 radical (unpaired) electrons. The van der Waals surface area contributed by atoms with Gasteiger partial charge in [0, 0.05) is 28.7 Å². The van der Waals surface area contributed by atoms with Crippen LogP contribution in [-0.4, -0.2) is 82.8 Å². The summed E-state index contributed by atoms with van der Waals surface area (Å²) in [5, 5.41) is 45.4. The highest BCUT2D eigenvalue weighted by Crippen LogP contribution is 2.41. The monoisotopic (exact) mass is 497 g/mol. The minimum absolute atomic E-state index is 0.0114. The second-order valence-corrected chi connectivity index (χ2v) is 12.1. The normalized spacial score (nSPS) is 31.4. The third-order valence-corrected chi connectivity index (χ3v) is 10.1. The maximum Gasteiger partial charge on any atom is 0.332 e. The summed E-state index contributed by atoms with van der Waals surface area (Å²) >= 11 is 4.64. The van der Waals surface area contributed by atoms with Gasteiger partial charge >= 0.3 is 5.97 Å². The summed E-state index contributed by atoms with van der Waals surface area (Å²) in [6.45, 7) is 5.42. The van der Waals surface area contributed by atoms with Crippen LogP contribution < -0.4 is 5.32 Å². The predicted octanol–water partition coefficient (Wildman–Crippen LogP) is 2.37. The fourth-order valence-corrected chi connectivity index (χ4v) is 7.83. The number of aliphatic imine (C=N–C) groups is 2. The molecule has 1 saturated heterocycles. The minimum atomic E-state index is -1.15. The first kappa shape index (κ1) is 23.7. The van der Waals surface area contributed by atoms with Gasteiger partial charge in [-0.05, 0) is 25.1 Å². The van der Waals surface area contributed by atoms with Crippen molar-refractivity contribution in [3.05, 3.63) is 23.8 Å². The van der Waals surface area contributed by atoms with Crippen LogP contribution in [0.15, 0.2) is 28.2 Å². The van der Waals surface area contributed by atoms with E-state index in [1.54, 1.807) is 18.7 Å². The van der Waals surface area contributed by atoms with Crippen LogP contribution in [0.1, 0.15) is 26.3 Å². The van der Waals surface area contributed by atoms with E-state index in [9.17, 15) is 25.2 Å². The molecule has 0 aliphatic carbocycles. The van der Waals surface area contributed by atoms with Crippen molar-refractivity contribution >= 4 is 51.3 Å². The van der Waals surface area contributed by atoms with Crippen molar-refractivity contribution in [2.75, 3.05) is 17.3 Å². The van der Waals surface area contributed by atoms with E-state index in [0.29, 0.717) is 27.2 Å². The van der Waals surface area contributed by atoms with Crippen LogP contribution in [-0.2, 0) is 4.79 Å². The molecule has 32 heavy (non-hydrogen) atoms. The summed E-state index contributed by atoms with van der Waals surface area (Å²) in [5.74, 6) is 1.01. The number of nitrogens with one attached hydrogen (secondary N) is 1. The van der Waals surface area contributed by atoms with Gasteiger partial charge in [0.1, 0.15) is 16.5 Å². The maximum atomic E-state index is 11.5. The second kappa shape index (κ2) is 8.75. The molecule has 0 bridgehead atoms. The number of carboxylic acid groups (broad SMARTS) is 1. The van der Waals surface area contributed by atoms with Gasteiger partial charge in [0.2, 0.25) is 0 Å². The molecular weight excluding hydrogens is 470 g/mol. The molecule has 2 unspecified atom stereocenters. The fourth-order valence-electron chi connectivity index (χ4n) is 3.87. The van der Waals surface area contributed by atoms with E-state index < -0.39 is 23.0 Å². The van der Waals surface area contributed by atoms with Crippen molar-refractivity contribution in [3.8, 4) is 11.5 Å². The zero-order valence-corrected chi connectivity index (χ0v) is 20.4. The summed E-state index contributed by atoms with van der Waals surface area (Å²) in [7, 11) is 0. The number of phenolic OH excluding ortho intramolecular Hbond substituents is 2. The Balaban J connectivity index is 1.44. The molecule has 1 aromatic carbocycles. The number of hydrogen-bond acceptors (Lipinski definition) is 10. The van der Waals surface area contributed by atoms with E-state index in [4.69, 9.17) is 4.99 Å². The summed E-state index contributed by atoms with van der Waals surface area (Å²) in [4.78, 5) is 20.8. The number of nitrogens with zero attached hydrogens (tertiary/aromatic N) is 2. The Bertz CT molecular complexity index is 985. The number of aromatic hydroxyl groups is 2. The van der Waals surface area contributed by atoms with Crippen molar-refractivity contribution in [2.24, 2.45) is 15.4 Å².